The van der Waals surface area contributed by atoms with E-state index in [9.17, 15) is 0 Å². The van der Waals surface area contributed by atoms with E-state index >= 15 is 0 Å². The lowest BCUT2D eigenvalue weighted by atomic mass is 9.87. The Hall–Kier alpha value is -2.09. The van der Waals surface area contributed by atoms with Gasteiger partial charge in [-0.05, 0) is 79.3 Å². The maximum Gasteiger partial charge on any atom is 0.130 e. The van der Waals surface area contributed by atoms with Gasteiger partial charge in [-0.15, -0.1) is 0 Å². The average Bonchev–Trinajstić information content (AvgIpc) is 2.62. The van der Waals surface area contributed by atoms with Crippen LogP contribution in [0.5, 0.6) is 0 Å². The Kier molecular flexibility index (Phi) is 6.27. The van der Waals surface area contributed by atoms with Crippen molar-refractivity contribution in [1.29, 1.82) is 0 Å². The van der Waals surface area contributed by atoms with Gasteiger partial charge in [0.15, 0.2) is 0 Å². The molecule has 2 unspecified atom stereocenters. The molecule has 0 amide bonds. The van der Waals surface area contributed by atoms with Crippen LogP contribution in [-0.2, 0) is 12.8 Å². The largest absolute Gasteiger partial charge is 0.340 e. The third kappa shape index (κ3) is 5.45. The number of allylic oxidation sites excluding steroid dienone is 2. The zero-order valence-electron chi connectivity index (χ0n) is 15.5. The molecule has 2 heteroatoms. The van der Waals surface area contributed by atoms with Crippen molar-refractivity contribution < 1.29 is 0 Å². The molecule has 132 valence electrons. The van der Waals surface area contributed by atoms with Gasteiger partial charge in [0.2, 0.25) is 0 Å². The number of hydrogen-bond acceptors (Lipinski definition) is 2. The molecule has 0 saturated carbocycles. The number of fused-ring (bicyclic) bond motifs is 4. The maximum atomic E-state index is 4.49. The third-order valence-corrected chi connectivity index (χ3v) is 5.24. The second-order valence-electron chi connectivity index (χ2n) is 7.44. The summed E-state index contributed by atoms with van der Waals surface area (Å²) >= 11 is 0. The van der Waals surface area contributed by atoms with Crippen molar-refractivity contribution >= 4 is 11.5 Å². The minimum atomic E-state index is 0.759. The number of aromatic nitrogens is 1. The molecule has 2 atom stereocenters. The van der Waals surface area contributed by atoms with Gasteiger partial charge in [-0.1, -0.05) is 44.6 Å². The monoisotopic (exact) mass is 334 g/mol. The van der Waals surface area contributed by atoms with Crippen LogP contribution in [0.2, 0.25) is 0 Å². The van der Waals surface area contributed by atoms with Gasteiger partial charge >= 0.3 is 0 Å². The Bertz CT molecular complexity index is 705. The first-order valence-electron chi connectivity index (χ1n) is 9.69. The highest BCUT2D eigenvalue weighted by Crippen LogP contribution is 2.25. The Morgan fingerprint density at radius 1 is 1.12 bits per heavy atom. The standard InChI is InChI=1S/C23H30N2/c1-3-19-11-12-21-13-14-24-23(17-21)25-22-10-6-9-20(16-22)8-5-4-7-18(2)15-19/h4-6,9-10,13-14,16-19H,3,7-8,11-12,15H2,1-2H3,(H,24,25). The molecular weight excluding hydrogens is 304 g/mol. The minimum Gasteiger partial charge on any atom is -0.340 e. The van der Waals surface area contributed by atoms with Crippen molar-refractivity contribution in [1.82, 2.24) is 4.98 Å². The van der Waals surface area contributed by atoms with Gasteiger partial charge in [-0.2, -0.15) is 0 Å². The zero-order chi connectivity index (χ0) is 17.5. The normalized spacial score (nSPS) is 21.5. The molecule has 2 nitrogen and oxygen atoms in total. The van der Waals surface area contributed by atoms with Crippen molar-refractivity contribution in [2.75, 3.05) is 5.32 Å². The average molecular weight is 335 g/mol. The van der Waals surface area contributed by atoms with Gasteiger partial charge in [0.1, 0.15) is 5.82 Å². The fourth-order valence-electron chi connectivity index (χ4n) is 3.69. The molecule has 1 N–H and O–H groups in total. The first-order chi connectivity index (χ1) is 12.2. The van der Waals surface area contributed by atoms with E-state index in [0.29, 0.717) is 0 Å². The molecule has 0 aliphatic carbocycles. The Morgan fingerprint density at radius 2 is 2.04 bits per heavy atom. The first kappa shape index (κ1) is 17.7. The fourth-order valence-corrected chi connectivity index (χ4v) is 3.69. The number of anilines is 2. The van der Waals surface area contributed by atoms with Gasteiger partial charge in [0, 0.05) is 11.9 Å². The van der Waals surface area contributed by atoms with E-state index in [-0.39, 0.29) is 0 Å². The maximum absolute atomic E-state index is 4.49. The molecular formula is C23H30N2. The molecule has 0 fully saturated rings. The Balaban J connectivity index is 1.84. The molecule has 1 aliphatic heterocycles. The van der Waals surface area contributed by atoms with Crippen LogP contribution >= 0.6 is 0 Å². The van der Waals surface area contributed by atoms with Crippen LogP contribution in [-0.4, -0.2) is 4.98 Å². The highest BCUT2D eigenvalue weighted by Gasteiger charge is 2.12. The number of pyridine rings is 1. The predicted octanol–water partition coefficient (Wildman–Crippen LogP) is 6.31. The number of benzene rings is 1. The third-order valence-electron chi connectivity index (χ3n) is 5.24. The van der Waals surface area contributed by atoms with Crippen LogP contribution in [0.1, 0.15) is 50.7 Å². The van der Waals surface area contributed by atoms with Crippen LogP contribution in [0.4, 0.5) is 11.5 Å². The summed E-state index contributed by atoms with van der Waals surface area (Å²) in [6.45, 7) is 4.72. The summed E-state index contributed by atoms with van der Waals surface area (Å²) in [6.07, 6.45) is 13.8. The topological polar surface area (TPSA) is 24.9 Å². The molecule has 4 bridgehead atoms. The summed E-state index contributed by atoms with van der Waals surface area (Å²) in [6, 6.07) is 13.0. The SMILES string of the molecule is CCC1CCc2ccnc(c2)Nc2cccc(c2)CC=CCC(C)C1. The van der Waals surface area contributed by atoms with E-state index in [1.165, 1.54) is 36.8 Å². The fraction of sp³-hybridized carbons (Fsp3) is 0.435. The number of rotatable bonds is 1. The van der Waals surface area contributed by atoms with Gasteiger partial charge < -0.3 is 5.32 Å². The summed E-state index contributed by atoms with van der Waals surface area (Å²) in [5.41, 5.74) is 3.83. The Morgan fingerprint density at radius 3 is 2.92 bits per heavy atom. The van der Waals surface area contributed by atoms with Gasteiger partial charge in [-0.3, -0.25) is 0 Å². The molecule has 25 heavy (non-hydrogen) atoms. The second-order valence-corrected chi connectivity index (χ2v) is 7.44. The van der Waals surface area contributed by atoms with Crippen molar-refractivity contribution in [3.8, 4) is 0 Å². The summed E-state index contributed by atoms with van der Waals surface area (Å²) in [5, 5.41) is 3.46. The number of aryl methyl sites for hydroxylation is 1. The highest BCUT2D eigenvalue weighted by atomic mass is 15.0. The van der Waals surface area contributed by atoms with Crippen LogP contribution in [0.15, 0.2) is 54.7 Å². The summed E-state index contributed by atoms with van der Waals surface area (Å²) in [5.74, 6) is 2.52. The second kappa shape index (κ2) is 8.84. The van der Waals surface area contributed by atoms with Gasteiger partial charge in [0.25, 0.3) is 0 Å². The lowest BCUT2D eigenvalue weighted by Crippen LogP contribution is -2.07. The highest BCUT2D eigenvalue weighted by molar-refractivity contribution is 5.57. The van der Waals surface area contributed by atoms with Crippen molar-refractivity contribution in [3.63, 3.8) is 0 Å². The molecule has 3 rings (SSSR count). The summed E-state index contributed by atoms with van der Waals surface area (Å²) < 4.78 is 0. The molecule has 0 saturated heterocycles. The molecule has 0 radical (unpaired) electrons. The van der Waals surface area contributed by atoms with E-state index in [1.54, 1.807) is 0 Å². The summed E-state index contributed by atoms with van der Waals surface area (Å²) in [4.78, 5) is 4.49. The van der Waals surface area contributed by atoms with E-state index in [2.05, 4.69) is 72.7 Å². The van der Waals surface area contributed by atoms with Crippen LogP contribution < -0.4 is 5.32 Å². The van der Waals surface area contributed by atoms with Crippen molar-refractivity contribution in [2.24, 2.45) is 11.8 Å². The lowest BCUT2D eigenvalue weighted by molar-refractivity contribution is 0.362. The molecule has 1 aliphatic rings. The Labute approximate surface area is 152 Å². The number of hydrogen-bond donors (Lipinski definition) is 1. The molecule has 2 heterocycles. The number of nitrogens with one attached hydrogen (secondary N) is 1. The number of nitrogens with zero attached hydrogens (tertiary/aromatic N) is 1. The quantitative estimate of drug-likeness (QED) is 0.618. The summed E-state index contributed by atoms with van der Waals surface area (Å²) in [7, 11) is 0. The minimum absolute atomic E-state index is 0.759. The van der Waals surface area contributed by atoms with E-state index in [0.717, 1.165) is 36.2 Å². The zero-order valence-corrected chi connectivity index (χ0v) is 15.5. The van der Waals surface area contributed by atoms with E-state index in [1.807, 2.05) is 6.20 Å². The van der Waals surface area contributed by atoms with Crippen LogP contribution in [0.25, 0.3) is 0 Å². The molecule has 0 spiro atoms. The van der Waals surface area contributed by atoms with E-state index in [4.69, 9.17) is 0 Å². The molecule has 1 aromatic carbocycles. The van der Waals surface area contributed by atoms with Crippen molar-refractivity contribution in [2.45, 2.75) is 52.4 Å². The van der Waals surface area contributed by atoms with Crippen LogP contribution in [0.3, 0.4) is 0 Å². The van der Waals surface area contributed by atoms with Crippen molar-refractivity contribution in [3.05, 3.63) is 65.9 Å². The van der Waals surface area contributed by atoms with Gasteiger partial charge in [0.05, 0.1) is 0 Å². The molecule has 1 aromatic heterocycles. The van der Waals surface area contributed by atoms with Crippen LogP contribution in [0, 0.1) is 11.8 Å². The lowest BCUT2D eigenvalue weighted by Gasteiger charge is -2.19. The first-order valence-corrected chi connectivity index (χ1v) is 9.69. The molecule has 2 aromatic rings. The van der Waals surface area contributed by atoms with Gasteiger partial charge in [-0.25, -0.2) is 4.98 Å². The van der Waals surface area contributed by atoms with E-state index < -0.39 is 0 Å². The predicted molar refractivity (Wildman–Crippen MR) is 107 cm³/mol. The smallest absolute Gasteiger partial charge is 0.130 e.